The predicted octanol–water partition coefficient (Wildman–Crippen LogP) is 4.04. The molecular weight excluding hydrogens is 298 g/mol. The Bertz CT molecular complexity index is 552. The van der Waals surface area contributed by atoms with Crippen LogP contribution in [0.15, 0.2) is 12.1 Å². The zero-order valence-corrected chi connectivity index (χ0v) is 14.7. The summed E-state index contributed by atoms with van der Waals surface area (Å²) in [5.41, 5.74) is 2.42. The first-order valence-corrected chi connectivity index (χ1v) is 8.61. The molecular formula is C18H26ClNO2. The van der Waals surface area contributed by atoms with Crippen LogP contribution in [0.3, 0.4) is 0 Å². The van der Waals surface area contributed by atoms with Crippen LogP contribution in [0.2, 0.25) is 5.02 Å². The Kier molecular flexibility index (Phi) is 4.41. The van der Waals surface area contributed by atoms with Gasteiger partial charge in [0, 0.05) is 18.7 Å². The first kappa shape index (κ1) is 16.1. The third kappa shape index (κ3) is 2.64. The molecule has 3 rings (SSSR count). The second-order valence-electron chi connectivity index (χ2n) is 7.25. The van der Waals surface area contributed by atoms with Gasteiger partial charge in [-0.3, -0.25) is 4.90 Å². The molecule has 1 fully saturated rings. The summed E-state index contributed by atoms with van der Waals surface area (Å²) in [4.78, 5) is 2.54. The molecule has 0 N–H and O–H groups in total. The minimum absolute atomic E-state index is 0.0648. The fourth-order valence-corrected chi connectivity index (χ4v) is 3.70. The topological polar surface area (TPSA) is 21.7 Å². The molecule has 0 aliphatic carbocycles. The molecule has 4 heteroatoms. The number of benzene rings is 1. The van der Waals surface area contributed by atoms with E-state index >= 15 is 0 Å². The van der Waals surface area contributed by atoms with Crippen LogP contribution in [-0.4, -0.2) is 37.8 Å². The second kappa shape index (κ2) is 6.03. The number of halogens is 1. The first-order chi connectivity index (χ1) is 10.4. The Labute approximate surface area is 138 Å². The van der Waals surface area contributed by atoms with Gasteiger partial charge in [-0.15, -0.1) is 0 Å². The van der Waals surface area contributed by atoms with Gasteiger partial charge < -0.3 is 9.47 Å². The van der Waals surface area contributed by atoms with Crippen LogP contribution in [-0.2, 0) is 10.3 Å². The summed E-state index contributed by atoms with van der Waals surface area (Å²) in [5, 5.41) is 0.735. The molecule has 0 unspecified atom stereocenters. The van der Waals surface area contributed by atoms with Crippen molar-refractivity contribution in [2.24, 2.45) is 5.92 Å². The number of fused-ring (bicyclic) bond motifs is 2. The zero-order valence-electron chi connectivity index (χ0n) is 14.0. The largest absolute Gasteiger partial charge is 0.490 e. The lowest BCUT2D eigenvalue weighted by Gasteiger charge is -2.49. The van der Waals surface area contributed by atoms with Crippen LogP contribution in [0.4, 0.5) is 0 Å². The molecule has 0 atom stereocenters. The van der Waals surface area contributed by atoms with Gasteiger partial charge in [0.2, 0.25) is 0 Å². The van der Waals surface area contributed by atoms with Gasteiger partial charge in [-0.25, -0.2) is 0 Å². The number of rotatable bonds is 3. The van der Waals surface area contributed by atoms with Crippen LogP contribution < -0.4 is 4.74 Å². The van der Waals surface area contributed by atoms with Crippen molar-refractivity contribution in [3.05, 3.63) is 28.3 Å². The van der Waals surface area contributed by atoms with E-state index in [0.717, 1.165) is 37.1 Å². The molecule has 122 valence electrons. The van der Waals surface area contributed by atoms with Crippen LogP contribution in [0.5, 0.6) is 5.75 Å². The third-order valence-electron chi connectivity index (χ3n) is 4.71. The maximum absolute atomic E-state index is 6.54. The van der Waals surface area contributed by atoms with E-state index in [0.29, 0.717) is 18.4 Å². The molecule has 3 nitrogen and oxygen atoms in total. The third-order valence-corrected chi connectivity index (χ3v) is 4.99. The van der Waals surface area contributed by atoms with E-state index in [-0.39, 0.29) is 5.54 Å². The van der Waals surface area contributed by atoms with Crippen molar-refractivity contribution in [1.29, 1.82) is 0 Å². The molecule has 1 spiro atoms. The summed E-state index contributed by atoms with van der Waals surface area (Å²) in [7, 11) is 0. The standard InChI is InChI=1S/C18H26ClNO2/c1-12(2)9-20-5-6-22-17-15(18(20)10-21-11-18)7-14(13(3)4)8-16(17)19/h7-8,12-13H,5-6,9-11H2,1-4H3. The Morgan fingerprint density at radius 1 is 1.23 bits per heavy atom. The molecule has 22 heavy (non-hydrogen) atoms. The fraction of sp³-hybridized carbons (Fsp3) is 0.667. The number of hydrogen-bond donors (Lipinski definition) is 0. The smallest absolute Gasteiger partial charge is 0.143 e. The van der Waals surface area contributed by atoms with E-state index in [4.69, 9.17) is 21.1 Å². The quantitative estimate of drug-likeness (QED) is 0.838. The SMILES string of the molecule is CC(C)CN1CCOc2c(Cl)cc(C(C)C)cc2C12COC2. The Hall–Kier alpha value is -0.770. The van der Waals surface area contributed by atoms with E-state index in [2.05, 4.69) is 44.7 Å². The summed E-state index contributed by atoms with van der Waals surface area (Å²) < 4.78 is 11.7. The molecule has 0 aromatic heterocycles. The zero-order chi connectivity index (χ0) is 15.9. The average Bonchev–Trinajstić information content (AvgIpc) is 2.54. The van der Waals surface area contributed by atoms with Gasteiger partial charge in [-0.05, 0) is 29.5 Å². The first-order valence-electron chi connectivity index (χ1n) is 8.23. The van der Waals surface area contributed by atoms with E-state index in [1.165, 1.54) is 11.1 Å². The van der Waals surface area contributed by atoms with Gasteiger partial charge in [-0.1, -0.05) is 39.3 Å². The predicted molar refractivity (Wildman–Crippen MR) is 89.9 cm³/mol. The van der Waals surface area contributed by atoms with E-state index < -0.39 is 0 Å². The highest BCUT2D eigenvalue weighted by atomic mass is 35.5. The minimum Gasteiger partial charge on any atom is -0.490 e. The average molecular weight is 324 g/mol. The van der Waals surface area contributed by atoms with Gasteiger partial charge in [0.25, 0.3) is 0 Å². The molecule has 0 amide bonds. The molecule has 0 bridgehead atoms. The van der Waals surface area contributed by atoms with Crippen molar-refractivity contribution >= 4 is 11.6 Å². The maximum Gasteiger partial charge on any atom is 0.143 e. The van der Waals surface area contributed by atoms with Crippen LogP contribution in [0.1, 0.15) is 44.7 Å². The lowest BCUT2D eigenvalue weighted by Crippen LogP contribution is -2.60. The van der Waals surface area contributed by atoms with E-state index in [1.807, 2.05) is 0 Å². The Balaban J connectivity index is 2.10. The normalized spacial score (nSPS) is 20.7. The molecule has 2 aliphatic heterocycles. The highest BCUT2D eigenvalue weighted by Gasteiger charge is 2.49. The van der Waals surface area contributed by atoms with Crippen molar-refractivity contribution < 1.29 is 9.47 Å². The fourth-order valence-electron chi connectivity index (χ4n) is 3.42. The summed E-state index contributed by atoms with van der Waals surface area (Å²) in [5.74, 6) is 1.92. The van der Waals surface area contributed by atoms with Crippen molar-refractivity contribution in [3.8, 4) is 5.75 Å². The van der Waals surface area contributed by atoms with E-state index in [1.54, 1.807) is 0 Å². The van der Waals surface area contributed by atoms with Crippen LogP contribution in [0.25, 0.3) is 0 Å². The second-order valence-corrected chi connectivity index (χ2v) is 7.65. The van der Waals surface area contributed by atoms with Crippen molar-refractivity contribution in [1.82, 2.24) is 4.90 Å². The van der Waals surface area contributed by atoms with Crippen molar-refractivity contribution in [2.75, 3.05) is 32.9 Å². The number of nitrogens with zero attached hydrogens (tertiary/aromatic N) is 1. The van der Waals surface area contributed by atoms with Gasteiger partial charge >= 0.3 is 0 Å². The number of hydrogen-bond acceptors (Lipinski definition) is 3. The Morgan fingerprint density at radius 2 is 1.95 bits per heavy atom. The van der Waals surface area contributed by atoms with Crippen LogP contribution in [0, 0.1) is 5.92 Å². The van der Waals surface area contributed by atoms with Gasteiger partial charge in [0.15, 0.2) is 0 Å². The highest BCUT2D eigenvalue weighted by molar-refractivity contribution is 6.32. The molecule has 0 radical (unpaired) electrons. The highest BCUT2D eigenvalue weighted by Crippen LogP contribution is 2.46. The summed E-state index contributed by atoms with van der Waals surface area (Å²) in [6, 6.07) is 4.34. The summed E-state index contributed by atoms with van der Waals surface area (Å²) >= 11 is 6.54. The van der Waals surface area contributed by atoms with Gasteiger partial charge in [-0.2, -0.15) is 0 Å². The van der Waals surface area contributed by atoms with Gasteiger partial charge in [0.1, 0.15) is 12.4 Å². The molecule has 2 aliphatic rings. The maximum atomic E-state index is 6.54. The lowest BCUT2D eigenvalue weighted by atomic mass is 9.83. The molecule has 1 saturated heterocycles. The molecule has 1 aromatic rings. The summed E-state index contributed by atoms with van der Waals surface area (Å²) in [6.45, 7) is 13.0. The van der Waals surface area contributed by atoms with Crippen molar-refractivity contribution in [3.63, 3.8) is 0 Å². The minimum atomic E-state index is -0.0648. The van der Waals surface area contributed by atoms with Gasteiger partial charge in [0.05, 0.1) is 23.8 Å². The van der Waals surface area contributed by atoms with Crippen LogP contribution >= 0.6 is 11.6 Å². The number of ether oxygens (including phenoxy) is 2. The Morgan fingerprint density at radius 3 is 2.50 bits per heavy atom. The lowest BCUT2D eigenvalue weighted by molar-refractivity contribution is -0.147. The monoisotopic (exact) mass is 323 g/mol. The summed E-state index contributed by atoms with van der Waals surface area (Å²) in [6.07, 6.45) is 0. The molecule has 2 heterocycles. The molecule has 1 aromatic carbocycles. The van der Waals surface area contributed by atoms with Crippen molar-refractivity contribution in [2.45, 2.75) is 39.2 Å². The molecule has 0 saturated carbocycles. The van der Waals surface area contributed by atoms with E-state index in [9.17, 15) is 0 Å².